The molecule has 0 bridgehead atoms. The molecule has 0 aliphatic carbocycles. The highest BCUT2D eigenvalue weighted by Gasteiger charge is 2.02. The van der Waals surface area contributed by atoms with Gasteiger partial charge in [0.2, 0.25) is 5.88 Å². The average Bonchev–Trinajstić information content (AvgIpc) is 2.46. The van der Waals surface area contributed by atoms with Gasteiger partial charge in [-0.2, -0.15) is 0 Å². The summed E-state index contributed by atoms with van der Waals surface area (Å²) in [6.45, 7) is 0.163. The van der Waals surface area contributed by atoms with E-state index >= 15 is 0 Å². The standard InChI is InChI=1S/C13H14N2O3/c1-16-9-18-13-8-14-12(7-15-13)10-3-5-11(17-2)6-4-10/h3-8H,9H2,1-2H3. The van der Waals surface area contributed by atoms with Crippen LogP contribution in [-0.2, 0) is 4.74 Å². The second-order valence-corrected chi connectivity index (χ2v) is 3.52. The van der Waals surface area contributed by atoms with Gasteiger partial charge in [0.15, 0.2) is 6.79 Å². The Kier molecular flexibility index (Phi) is 4.09. The van der Waals surface area contributed by atoms with Crippen molar-refractivity contribution in [2.24, 2.45) is 0 Å². The fourth-order valence-electron chi connectivity index (χ4n) is 1.42. The number of hydrogen-bond donors (Lipinski definition) is 0. The molecule has 1 heterocycles. The third kappa shape index (κ3) is 2.95. The summed E-state index contributed by atoms with van der Waals surface area (Å²) >= 11 is 0. The summed E-state index contributed by atoms with van der Waals surface area (Å²) in [7, 11) is 3.19. The first-order valence-corrected chi connectivity index (χ1v) is 5.41. The van der Waals surface area contributed by atoms with Gasteiger partial charge in [-0.1, -0.05) is 0 Å². The maximum atomic E-state index is 5.17. The average molecular weight is 246 g/mol. The molecule has 0 fully saturated rings. The SMILES string of the molecule is COCOc1cnc(-c2ccc(OC)cc2)cn1. The molecule has 0 saturated carbocycles. The van der Waals surface area contributed by atoms with Gasteiger partial charge >= 0.3 is 0 Å². The Bertz CT molecular complexity index is 483. The Morgan fingerprint density at radius 2 is 1.78 bits per heavy atom. The minimum Gasteiger partial charge on any atom is -0.497 e. The molecular formula is C13H14N2O3. The zero-order valence-electron chi connectivity index (χ0n) is 10.3. The van der Waals surface area contributed by atoms with Crippen LogP contribution in [-0.4, -0.2) is 31.0 Å². The van der Waals surface area contributed by atoms with Crippen molar-refractivity contribution in [3.05, 3.63) is 36.7 Å². The van der Waals surface area contributed by atoms with Crippen LogP contribution in [0.1, 0.15) is 0 Å². The highest BCUT2D eigenvalue weighted by molar-refractivity contribution is 5.59. The first-order valence-electron chi connectivity index (χ1n) is 5.41. The van der Waals surface area contributed by atoms with Crippen LogP contribution in [0, 0.1) is 0 Å². The van der Waals surface area contributed by atoms with Crippen molar-refractivity contribution in [3.63, 3.8) is 0 Å². The number of hydrogen-bond acceptors (Lipinski definition) is 5. The molecule has 0 N–H and O–H groups in total. The molecule has 0 aliphatic heterocycles. The predicted octanol–water partition coefficient (Wildman–Crippen LogP) is 2.13. The topological polar surface area (TPSA) is 53.5 Å². The van der Waals surface area contributed by atoms with E-state index in [0.717, 1.165) is 17.0 Å². The number of aromatic nitrogens is 2. The van der Waals surface area contributed by atoms with E-state index in [9.17, 15) is 0 Å². The molecule has 5 heteroatoms. The largest absolute Gasteiger partial charge is 0.497 e. The van der Waals surface area contributed by atoms with Crippen LogP contribution in [0.3, 0.4) is 0 Å². The van der Waals surface area contributed by atoms with E-state index in [0.29, 0.717) is 5.88 Å². The maximum absolute atomic E-state index is 5.17. The van der Waals surface area contributed by atoms with Crippen molar-refractivity contribution in [2.75, 3.05) is 21.0 Å². The summed E-state index contributed by atoms with van der Waals surface area (Å²) in [6.07, 6.45) is 3.23. The van der Waals surface area contributed by atoms with Crippen LogP contribution < -0.4 is 9.47 Å². The molecule has 2 rings (SSSR count). The molecule has 0 aliphatic rings. The van der Waals surface area contributed by atoms with E-state index in [-0.39, 0.29) is 6.79 Å². The van der Waals surface area contributed by atoms with Gasteiger partial charge < -0.3 is 14.2 Å². The van der Waals surface area contributed by atoms with Gasteiger partial charge in [0.05, 0.1) is 25.2 Å². The number of benzene rings is 1. The second-order valence-electron chi connectivity index (χ2n) is 3.52. The van der Waals surface area contributed by atoms with E-state index < -0.39 is 0 Å². The van der Waals surface area contributed by atoms with Gasteiger partial charge in [0, 0.05) is 12.7 Å². The number of methoxy groups -OCH3 is 2. The normalized spacial score (nSPS) is 10.1. The molecule has 94 valence electrons. The van der Waals surface area contributed by atoms with E-state index in [4.69, 9.17) is 14.2 Å². The summed E-state index contributed by atoms with van der Waals surface area (Å²) < 4.78 is 15.0. The molecule has 0 amide bonds. The second kappa shape index (κ2) is 5.97. The predicted molar refractivity (Wildman–Crippen MR) is 66.5 cm³/mol. The zero-order chi connectivity index (χ0) is 12.8. The molecular weight excluding hydrogens is 232 g/mol. The number of ether oxygens (including phenoxy) is 3. The molecule has 2 aromatic rings. The lowest BCUT2D eigenvalue weighted by molar-refractivity contribution is 0.0475. The minimum atomic E-state index is 0.163. The number of nitrogens with zero attached hydrogens (tertiary/aromatic N) is 2. The van der Waals surface area contributed by atoms with Crippen molar-refractivity contribution in [3.8, 4) is 22.9 Å². The van der Waals surface area contributed by atoms with Crippen molar-refractivity contribution >= 4 is 0 Å². The molecule has 18 heavy (non-hydrogen) atoms. The fraction of sp³-hybridized carbons (Fsp3) is 0.231. The van der Waals surface area contributed by atoms with E-state index in [2.05, 4.69) is 9.97 Å². The Hall–Kier alpha value is -2.14. The lowest BCUT2D eigenvalue weighted by Crippen LogP contribution is -2.01. The van der Waals surface area contributed by atoms with Crippen LogP contribution in [0.4, 0.5) is 0 Å². The van der Waals surface area contributed by atoms with Gasteiger partial charge in [0.1, 0.15) is 5.75 Å². The third-order valence-corrected chi connectivity index (χ3v) is 2.34. The van der Waals surface area contributed by atoms with Crippen molar-refractivity contribution in [1.29, 1.82) is 0 Å². The molecule has 0 unspecified atom stereocenters. The lowest BCUT2D eigenvalue weighted by atomic mass is 10.1. The summed E-state index contributed by atoms with van der Waals surface area (Å²) in [5, 5.41) is 0. The summed E-state index contributed by atoms with van der Waals surface area (Å²) in [5.74, 6) is 1.25. The van der Waals surface area contributed by atoms with Crippen LogP contribution in [0.15, 0.2) is 36.7 Å². The highest BCUT2D eigenvalue weighted by Crippen LogP contribution is 2.20. The van der Waals surface area contributed by atoms with Gasteiger partial charge in [0.25, 0.3) is 0 Å². The Balaban J connectivity index is 2.12. The van der Waals surface area contributed by atoms with Crippen molar-refractivity contribution in [2.45, 2.75) is 0 Å². The fourth-order valence-corrected chi connectivity index (χ4v) is 1.42. The molecule has 0 radical (unpaired) electrons. The Morgan fingerprint density at radius 3 is 2.33 bits per heavy atom. The molecule has 0 saturated heterocycles. The van der Waals surface area contributed by atoms with Gasteiger partial charge in [-0.25, -0.2) is 9.97 Å². The van der Waals surface area contributed by atoms with Crippen LogP contribution >= 0.6 is 0 Å². The maximum Gasteiger partial charge on any atom is 0.234 e. The van der Waals surface area contributed by atoms with Crippen molar-refractivity contribution < 1.29 is 14.2 Å². The Labute approximate surface area is 105 Å². The summed E-state index contributed by atoms with van der Waals surface area (Å²) in [6, 6.07) is 7.62. The molecule has 1 aromatic heterocycles. The first-order chi connectivity index (χ1) is 8.83. The Morgan fingerprint density at radius 1 is 1.00 bits per heavy atom. The van der Waals surface area contributed by atoms with E-state index in [1.807, 2.05) is 24.3 Å². The van der Waals surface area contributed by atoms with Gasteiger partial charge in [-0.05, 0) is 24.3 Å². The number of rotatable bonds is 5. The van der Waals surface area contributed by atoms with Crippen LogP contribution in [0.5, 0.6) is 11.6 Å². The molecule has 5 nitrogen and oxygen atoms in total. The van der Waals surface area contributed by atoms with E-state index in [1.54, 1.807) is 26.6 Å². The minimum absolute atomic E-state index is 0.163. The van der Waals surface area contributed by atoms with Crippen LogP contribution in [0.25, 0.3) is 11.3 Å². The monoisotopic (exact) mass is 246 g/mol. The smallest absolute Gasteiger partial charge is 0.234 e. The molecule has 1 aromatic carbocycles. The molecule has 0 spiro atoms. The quantitative estimate of drug-likeness (QED) is 0.756. The highest BCUT2D eigenvalue weighted by atomic mass is 16.7. The summed E-state index contributed by atoms with van der Waals surface area (Å²) in [4.78, 5) is 8.41. The molecule has 0 atom stereocenters. The summed E-state index contributed by atoms with van der Waals surface area (Å²) in [5.41, 5.74) is 1.75. The zero-order valence-corrected chi connectivity index (χ0v) is 10.3. The van der Waals surface area contributed by atoms with E-state index in [1.165, 1.54) is 0 Å². The third-order valence-electron chi connectivity index (χ3n) is 2.34. The van der Waals surface area contributed by atoms with Gasteiger partial charge in [-0.3, -0.25) is 0 Å². The first kappa shape index (κ1) is 12.3. The van der Waals surface area contributed by atoms with Gasteiger partial charge in [-0.15, -0.1) is 0 Å². The lowest BCUT2D eigenvalue weighted by Gasteiger charge is -2.05. The van der Waals surface area contributed by atoms with Crippen LogP contribution in [0.2, 0.25) is 0 Å². The van der Waals surface area contributed by atoms with Crippen molar-refractivity contribution in [1.82, 2.24) is 9.97 Å².